The minimum absolute atomic E-state index is 0.0572. The van der Waals surface area contributed by atoms with Crippen molar-refractivity contribution in [3.8, 4) is 31.3 Å². The van der Waals surface area contributed by atoms with Crippen LogP contribution in [-0.4, -0.2) is 13.2 Å². The molecule has 4 heterocycles. The Balaban J connectivity index is 1.06. The zero-order valence-electron chi connectivity index (χ0n) is 29.3. The predicted molar refractivity (Wildman–Crippen MR) is 213 cm³/mol. The Morgan fingerprint density at radius 2 is 1.31 bits per heavy atom. The molecule has 252 valence electrons. The molecule has 1 saturated heterocycles. The lowest BCUT2D eigenvalue weighted by Gasteiger charge is -2.34. The van der Waals surface area contributed by atoms with Crippen LogP contribution in [-0.2, 0) is 14.9 Å². The third-order valence-corrected chi connectivity index (χ3v) is 13.5. The lowest BCUT2D eigenvalue weighted by molar-refractivity contribution is -0.224. The number of thiophene rings is 2. The van der Waals surface area contributed by atoms with Crippen molar-refractivity contribution >= 4 is 44.8 Å². The summed E-state index contributed by atoms with van der Waals surface area (Å²) in [5.41, 5.74) is 12.0. The van der Waals surface area contributed by atoms with E-state index in [0.29, 0.717) is 13.2 Å². The molecule has 1 atom stereocenters. The summed E-state index contributed by atoms with van der Waals surface area (Å²) in [6.07, 6.45) is -0.278. The fourth-order valence-corrected chi connectivity index (χ4v) is 10.7. The van der Waals surface area contributed by atoms with Gasteiger partial charge in [0, 0.05) is 36.5 Å². The molecule has 0 spiro atoms. The second-order valence-electron chi connectivity index (χ2n) is 15.5. The summed E-state index contributed by atoms with van der Waals surface area (Å²) in [5, 5.41) is 2.64. The summed E-state index contributed by atoms with van der Waals surface area (Å²) in [4.78, 5) is 7.49. The Kier molecular flexibility index (Phi) is 7.04. The van der Waals surface area contributed by atoms with E-state index in [1.54, 1.807) is 11.3 Å². The Morgan fingerprint density at radius 3 is 2.16 bits per heavy atom. The van der Waals surface area contributed by atoms with Crippen molar-refractivity contribution in [2.75, 3.05) is 18.1 Å². The molecule has 0 amide bonds. The number of para-hydroxylation sites is 1. The van der Waals surface area contributed by atoms with Crippen LogP contribution in [0.1, 0.15) is 67.2 Å². The van der Waals surface area contributed by atoms with Gasteiger partial charge in [0.1, 0.15) is 0 Å². The van der Waals surface area contributed by atoms with Gasteiger partial charge in [0.25, 0.3) is 0 Å². The number of rotatable bonds is 5. The number of anilines is 2. The van der Waals surface area contributed by atoms with Crippen molar-refractivity contribution in [2.45, 2.75) is 45.4 Å². The van der Waals surface area contributed by atoms with Gasteiger partial charge in [-0.3, -0.25) is 0 Å². The van der Waals surface area contributed by atoms with Gasteiger partial charge >= 0.3 is 0 Å². The van der Waals surface area contributed by atoms with E-state index < -0.39 is 0 Å². The number of fused-ring (bicyclic) bond motifs is 3. The standard InChI is InChI=1S/C46H39NO2S2/c1-45(2)26-48-44(49-27-45)41-24-23-40(51-41)39-22-21-38(50-39)32-19-20-34-42-33(32)14-10-16-37(42)47(29-11-6-5-7-12-29)43(34)28-17-18-31-30-13-8-9-15-35(30)46(3,4)36(31)25-28/h5-25,43-44H,26-27H2,1-4H3. The fourth-order valence-electron chi connectivity index (χ4n) is 8.52. The van der Waals surface area contributed by atoms with Gasteiger partial charge in [-0.1, -0.05) is 113 Å². The minimum atomic E-state index is -0.278. The smallest absolute Gasteiger partial charge is 0.193 e. The maximum Gasteiger partial charge on any atom is 0.193 e. The average Bonchev–Trinajstić information content (AvgIpc) is 3.94. The van der Waals surface area contributed by atoms with Crippen molar-refractivity contribution in [2.24, 2.45) is 5.41 Å². The van der Waals surface area contributed by atoms with Crippen LogP contribution in [0.25, 0.3) is 42.1 Å². The van der Waals surface area contributed by atoms with Gasteiger partial charge in [0.2, 0.25) is 0 Å². The molecule has 2 aliphatic heterocycles. The quantitative estimate of drug-likeness (QED) is 0.178. The number of hydrogen-bond acceptors (Lipinski definition) is 5. The van der Waals surface area contributed by atoms with Gasteiger partial charge in [-0.05, 0) is 86.8 Å². The monoisotopic (exact) mass is 701 g/mol. The largest absolute Gasteiger partial charge is 0.347 e. The molecule has 0 bridgehead atoms. The van der Waals surface area contributed by atoms with Crippen LogP contribution >= 0.6 is 22.7 Å². The van der Waals surface area contributed by atoms with Gasteiger partial charge in [0.05, 0.1) is 29.8 Å². The maximum absolute atomic E-state index is 6.09. The first-order chi connectivity index (χ1) is 24.8. The molecule has 1 unspecified atom stereocenters. The van der Waals surface area contributed by atoms with Crippen LogP contribution in [0.5, 0.6) is 0 Å². The highest BCUT2D eigenvalue weighted by Gasteiger charge is 2.39. The Hall–Kier alpha value is -4.52. The summed E-state index contributed by atoms with van der Waals surface area (Å²) in [6, 6.07) is 47.7. The molecule has 0 radical (unpaired) electrons. The van der Waals surface area contributed by atoms with E-state index in [9.17, 15) is 0 Å². The molecule has 7 aromatic rings. The van der Waals surface area contributed by atoms with E-state index >= 15 is 0 Å². The first kappa shape index (κ1) is 31.2. The number of nitrogens with zero attached hydrogens (tertiary/aromatic N) is 1. The lowest BCUT2D eigenvalue weighted by Crippen LogP contribution is -2.33. The molecule has 5 heteroatoms. The normalized spacial score (nSPS) is 18.7. The van der Waals surface area contributed by atoms with Crippen molar-refractivity contribution in [1.82, 2.24) is 0 Å². The van der Waals surface area contributed by atoms with Gasteiger partial charge < -0.3 is 14.4 Å². The molecule has 3 nitrogen and oxygen atoms in total. The third kappa shape index (κ3) is 4.90. The second-order valence-corrected chi connectivity index (χ2v) is 17.7. The van der Waals surface area contributed by atoms with E-state index in [2.05, 4.69) is 160 Å². The minimum Gasteiger partial charge on any atom is -0.347 e. The third-order valence-electron chi connectivity index (χ3n) is 11.0. The molecule has 2 aromatic heterocycles. The number of hydrogen-bond donors (Lipinski definition) is 0. The van der Waals surface area contributed by atoms with E-state index in [4.69, 9.17) is 9.47 Å². The topological polar surface area (TPSA) is 21.7 Å². The van der Waals surface area contributed by atoms with E-state index in [-0.39, 0.29) is 23.2 Å². The van der Waals surface area contributed by atoms with Gasteiger partial charge in [0.15, 0.2) is 6.29 Å². The van der Waals surface area contributed by atoms with Crippen molar-refractivity contribution in [3.05, 3.63) is 155 Å². The molecule has 1 fully saturated rings. The number of benzene rings is 5. The number of ether oxygens (including phenoxy) is 2. The lowest BCUT2D eigenvalue weighted by atomic mass is 9.81. The summed E-state index contributed by atoms with van der Waals surface area (Å²) in [7, 11) is 0. The molecule has 5 aromatic carbocycles. The van der Waals surface area contributed by atoms with Crippen LogP contribution in [0.3, 0.4) is 0 Å². The van der Waals surface area contributed by atoms with Crippen LogP contribution in [0.2, 0.25) is 0 Å². The molecular weight excluding hydrogens is 663 g/mol. The van der Waals surface area contributed by atoms with Gasteiger partial charge in [-0.25, -0.2) is 0 Å². The predicted octanol–water partition coefficient (Wildman–Crippen LogP) is 12.9. The highest BCUT2D eigenvalue weighted by molar-refractivity contribution is 7.24. The molecule has 10 rings (SSSR count). The van der Waals surface area contributed by atoms with Crippen molar-refractivity contribution in [1.29, 1.82) is 0 Å². The van der Waals surface area contributed by atoms with Crippen molar-refractivity contribution < 1.29 is 9.47 Å². The van der Waals surface area contributed by atoms with Crippen LogP contribution in [0, 0.1) is 5.41 Å². The van der Waals surface area contributed by atoms with Crippen LogP contribution < -0.4 is 4.90 Å². The Labute approximate surface area is 307 Å². The van der Waals surface area contributed by atoms with Gasteiger partial charge in [-0.15, -0.1) is 22.7 Å². The second kappa shape index (κ2) is 11.5. The molecule has 1 aliphatic carbocycles. The van der Waals surface area contributed by atoms with Crippen LogP contribution in [0.15, 0.2) is 127 Å². The summed E-state index contributed by atoms with van der Waals surface area (Å²) in [6.45, 7) is 10.5. The van der Waals surface area contributed by atoms with E-state index in [1.165, 1.54) is 75.7 Å². The zero-order valence-corrected chi connectivity index (χ0v) is 30.9. The molecular formula is C46H39NO2S2. The Bertz CT molecular complexity index is 2460. The SMILES string of the molecule is CC1(C)COC(c2ccc(-c3ccc(-c4ccc5c6c(cccc46)N(c4ccccc4)C5c4ccc5c(c4)C(C)(C)c4ccccc4-5)s3)s2)OC1. The van der Waals surface area contributed by atoms with E-state index in [1.807, 2.05) is 11.3 Å². The first-order valence-corrected chi connectivity index (χ1v) is 19.5. The summed E-state index contributed by atoms with van der Waals surface area (Å²) in [5.74, 6) is 0. The highest BCUT2D eigenvalue weighted by atomic mass is 32.1. The Morgan fingerprint density at radius 1 is 0.608 bits per heavy atom. The fraction of sp³-hybridized carbons (Fsp3) is 0.217. The molecule has 0 N–H and O–H groups in total. The van der Waals surface area contributed by atoms with Crippen molar-refractivity contribution in [3.63, 3.8) is 0 Å². The summed E-state index contributed by atoms with van der Waals surface area (Å²) < 4.78 is 12.2. The molecule has 51 heavy (non-hydrogen) atoms. The van der Waals surface area contributed by atoms with Gasteiger partial charge in [-0.2, -0.15) is 0 Å². The average molecular weight is 702 g/mol. The maximum atomic E-state index is 6.09. The zero-order chi connectivity index (χ0) is 34.5. The highest BCUT2D eigenvalue weighted by Crippen LogP contribution is 2.55. The first-order valence-electron chi connectivity index (χ1n) is 17.8. The van der Waals surface area contributed by atoms with E-state index in [0.717, 1.165) is 4.88 Å². The molecule has 3 aliphatic rings. The van der Waals surface area contributed by atoms with Crippen LogP contribution in [0.4, 0.5) is 11.4 Å². The summed E-state index contributed by atoms with van der Waals surface area (Å²) >= 11 is 3.64. The molecule has 0 saturated carbocycles.